The minimum absolute atomic E-state index is 0.283. The van der Waals surface area contributed by atoms with E-state index < -0.39 is 0 Å². The fourth-order valence-corrected chi connectivity index (χ4v) is 1.54. The van der Waals surface area contributed by atoms with E-state index in [0.717, 1.165) is 18.7 Å². The van der Waals surface area contributed by atoms with Gasteiger partial charge in [0.15, 0.2) is 0 Å². The highest BCUT2D eigenvalue weighted by molar-refractivity contribution is 5.91. The summed E-state index contributed by atoms with van der Waals surface area (Å²) in [4.78, 5) is 15.4. The van der Waals surface area contributed by atoms with Gasteiger partial charge in [0.1, 0.15) is 0 Å². The fraction of sp³-hybridized carbons (Fsp3) is 0.400. The number of esters is 1. The Balaban J connectivity index is 2.32. The summed E-state index contributed by atoms with van der Waals surface area (Å²) in [7, 11) is 1.39. The molecule has 0 radical (unpaired) electrons. The number of carbonyl (C=O) groups excluding carboxylic acids is 1. The molecule has 0 unspecified atom stereocenters. The third-order valence-electron chi connectivity index (χ3n) is 2.48. The summed E-state index contributed by atoms with van der Waals surface area (Å²) in [5, 5.41) is 3.16. The topological polar surface area (TPSA) is 51.2 Å². The number of methoxy groups -OCH3 is 1. The largest absolute Gasteiger partial charge is 0.465 e. The molecular formula is C10H12N2O2. The minimum Gasteiger partial charge on any atom is -0.465 e. The predicted molar refractivity (Wildman–Crippen MR) is 51.2 cm³/mol. The van der Waals surface area contributed by atoms with E-state index in [9.17, 15) is 4.79 Å². The monoisotopic (exact) mass is 192 g/mol. The lowest BCUT2D eigenvalue weighted by molar-refractivity contribution is 0.0598. The molecular weight excluding hydrogens is 180 g/mol. The van der Waals surface area contributed by atoms with Gasteiger partial charge < -0.3 is 10.1 Å². The fourth-order valence-electron chi connectivity index (χ4n) is 1.54. The first-order valence-electron chi connectivity index (χ1n) is 4.56. The van der Waals surface area contributed by atoms with Crippen molar-refractivity contribution in [2.24, 2.45) is 0 Å². The second kappa shape index (κ2) is 3.75. The Hall–Kier alpha value is -1.42. The Kier molecular flexibility index (Phi) is 2.45. The van der Waals surface area contributed by atoms with Crippen molar-refractivity contribution in [3.05, 3.63) is 29.6 Å². The Morgan fingerprint density at radius 3 is 3.00 bits per heavy atom. The van der Waals surface area contributed by atoms with Crippen LogP contribution in [-0.4, -0.2) is 31.2 Å². The van der Waals surface area contributed by atoms with Gasteiger partial charge in [0.25, 0.3) is 0 Å². The normalized spacial score (nSPS) is 16.1. The lowest BCUT2D eigenvalue weighted by Gasteiger charge is -2.28. The first-order valence-corrected chi connectivity index (χ1v) is 4.56. The highest BCUT2D eigenvalue weighted by atomic mass is 16.5. The molecule has 1 aliphatic heterocycles. The van der Waals surface area contributed by atoms with E-state index in [2.05, 4.69) is 10.3 Å². The highest BCUT2D eigenvalue weighted by Crippen LogP contribution is 2.22. The van der Waals surface area contributed by atoms with Gasteiger partial charge in [0.2, 0.25) is 0 Å². The summed E-state index contributed by atoms with van der Waals surface area (Å²) in [6.07, 6.45) is 3.36. The van der Waals surface area contributed by atoms with Gasteiger partial charge in [0, 0.05) is 31.4 Å². The number of nitrogens with zero attached hydrogens (tertiary/aromatic N) is 1. The van der Waals surface area contributed by atoms with E-state index >= 15 is 0 Å². The zero-order chi connectivity index (χ0) is 9.97. The van der Waals surface area contributed by atoms with Crippen molar-refractivity contribution in [1.29, 1.82) is 0 Å². The number of pyridine rings is 1. The zero-order valence-corrected chi connectivity index (χ0v) is 7.99. The molecule has 14 heavy (non-hydrogen) atoms. The molecule has 0 aliphatic carbocycles. The molecule has 0 bridgehead atoms. The van der Waals surface area contributed by atoms with Crippen LogP contribution in [0, 0.1) is 0 Å². The van der Waals surface area contributed by atoms with Crippen molar-refractivity contribution >= 4 is 5.97 Å². The number of hydrogen-bond donors (Lipinski definition) is 1. The average Bonchev–Trinajstić information content (AvgIpc) is 2.15. The van der Waals surface area contributed by atoms with Gasteiger partial charge in [0.05, 0.1) is 12.7 Å². The highest BCUT2D eigenvalue weighted by Gasteiger charge is 2.24. The van der Waals surface area contributed by atoms with Crippen LogP contribution in [0.15, 0.2) is 18.5 Å². The predicted octanol–water partition coefficient (Wildman–Crippen LogP) is 0.555. The van der Waals surface area contributed by atoms with Crippen LogP contribution in [-0.2, 0) is 4.74 Å². The number of rotatable bonds is 2. The van der Waals surface area contributed by atoms with Crippen molar-refractivity contribution in [2.45, 2.75) is 5.92 Å². The van der Waals surface area contributed by atoms with Crippen LogP contribution in [0.1, 0.15) is 21.8 Å². The number of nitrogens with one attached hydrogen (secondary N) is 1. The van der Waals surface area contributed by atoms with Crippen LogP contribution < -0.4 is 5.32 Å². The van der Waals surface area contributed by atoms with Gasteiger partial charge in [-0.3, -0.25) is 4.98 Å². The van der Waals surface area contributed by atoms with Gasteiger partial charge in [-0.05, 0) is 11.6 Å². The van der Waals surface area contributed by atoms with Crippen LogP contribution in [0.5, 0.6) is 0 Å². The number of carbonyl (C=O) groups is 1. The quantitative estimate of drug-likeness (QED) is 0.695. The number of ether oxygens (including phenoxy) is 1. The second-order valence-electron chi connectivity index (χ2n) is 3.31. The van der Waals surface area contributed by atoms with E-state index in [-0.39, 0.29) is 5.97 Å². The van der Waals surface area contributed by atoms with Crippen molar-refractivity contribution in [2.75, 3.05) is 20.2 Å². The summed E-state index contributed by atoms with van der Waals surface area (Å²) >= 11 is 0. The molecule has 1 aromatic rings. The van der Waals surface area contributed by atoms with Gasteiger partial charge in [-0.25, -0.2) is 4.79 Å². The average molecular weight is 192 g/mol. The molecule has 2 heterocycles. The molecule has 0 atom stereocenters. The lowest BCUT2D eigenvalue weighted by Crippen LogP contribution is -2.40. The summed E-state index contributed by atoms with van der Waals surface area (Å²) in [5.41, 5.74) is 1.62. The molecule has 4 nitrogen and oxygen atoms in total. The Morgan fingerprint density at radius 2 is 2.43 bits per heavy atom. The first-order chi connectivity index (χ1) is 6.83. The Morgan fingerprint density at radius 1 is 1.64 bits per heavy atom. The smallest absolute Gasteiger partial charge is 0.338 e. The summed E-state index contributed by atoms with van der Waals surface area (Å²) in [5.74, 6) is 0.118. The molecule has 2 rings (SSSR count). The molecule has 1 aliphatic rings. The van der Waals surface area contributed by atoms with E-state index in [4.69, 9.17) is 4.74 Å². The van der Waals surface area contributed by atoms with Gasteiger partial charge >= 0.3 is 5.97 Å². The molecule has 1 saturated heterocycles. The molecule has 0 aromatic carbocycles. The molecule has 74 valence electrons. The zero-order valence-electron chi connectivity index (χ0n) is 7.99. The van der Waals surface area contributed by atoms with Crippen molar-refractivity contribution in [1.82, 2.24) is 10.3 Å². The van der Waals surface area contributed by atoms with Crippen LogP contribution in [0.25, 0.3) is 0 Å². The van der Waals surface area contributed by atoms with Gasteiger partial charge in [-0.15, -0.1) is 0 Å². The second-order valence-corrected chi connectivity index (χ2v) is 3.31. The molecule has 0 spiro atoms. The van der Waals surface area contributed by atoms with E-state index in [0.29, 0.717) is 11.5 Å². The number of aromatic nitrogens is 1. The van der Waals surface area contributed by atoms with Crippen LogP contribution >= 0.6 is 0 Å². The lowest BCUT2D eigenvalue weighted by atomic mass is 9.91. The van der Waals surface area contributed by atoms with Crippen LogP contribution in [0.4, 0.5) is 0 Å². The Bertz CT molecular complexity index is 348. The van der Waals surface area contributed by atoms with Crippen molar-refractivity contribution < 1.29 is 9.53 Å². The molecule has 0 saturated carbocycles. The summed E-state index contributed by atoms with van der Waals surface area (Å²) in [6.45, 7) is 1.82. The van der Waals surface area contributed by atoms with E-state index in [1.807, 2.05) is 0 Å². The molecule has 4 heteroatoms. The maximum atomic E-state index is 11.4. The molecule has 1 N–H and O–H groups in total. The van der Waals surface area contributed by atoms with E-state index in [1.165, 1.54) is 7.11 Å². The molecule has 1 fully saturated rings. The summed E-state index contributed by atoms with van der Waals surface area (Å²) < 4.78 is 4.71. The SMILES string of the molecule is COC(=O)c1ccncc1C1CNC1. The van der Waals surface area contributed by atoms with Crippen molar-refractivity contribution in [3.63, 3.8) is 0 Å². The van der Waals surface area contributed by atoms with E-state index in [1.54, 1.807) is 18.5 Å². The Labute approximate surface area is 82.3 Å². The maximum absolute atomic E-state index is 11.4. The van der Waals surface area contributed by atoms with Crippen LogP contribution in [0.3, 0.4) is 0 Å². The van der Waals surface area contributed by atoms with Gasteiger partial charge in [-0.2, -0.15) is 0 Å². The third kappa shape index (κ3) is 1.48. The molecule has 1 aromatic heterocycles. The summed E-state index contributed by atoms with van der Waals surface area (Å²) in [6, 6.07) is 1.71. The standard InChI is InChI=1S/C10H12N2O2/c1-14-10(13)8-2-3-11-6-9(8)7-4-12-5-7/h2-3,6-7,12H,4-5H2,1H3. The minimum atomic E-state index is -0.283. The van der Waals surface area contributed by atoms with Crippen molar-refractivity contribution in [3.8, 4) is 0 Å². The van der Waals surface area contributed by atoms with Gasteiger partial charge in [-0.1, -0.05) is 0 Å². The maximum Gasteiger partial charge on any atom is 0.338 e. The molecule has 0 amide bonds. The van der Waals surface area contributed by atoms with Crippen LogP contribution in [0.2, 0.25) is 0 Å². The first kappa shape index (κ1) is 9.15. The number of hydrogen-bond acceptors (Lipinski definition) is 4. The third-order valence-corrected chi connectivity index (χ3v) is 2.48.